The van der Waals surface area contributed by atoms with Crippen LogP contribution in [0.25, 0.3) is 0 Å². The van der Waals surface area contributed by atoms with E-state index in [9.17, 15) is 9.18 Å². The van der Waals surface area contributed by atoms with E-state index >= 15 is 0 Å². The molecule has 5 heteroatoms. The van der Waals surface area contributed by atoms with E-state index in [0.29, 0.717) is 19.5 Å². The number of methoxy groups -OCH3 is 1. The number of ether oxygens (including phenoxy) is 1. The number of nitrogens with zero attached hydrogens (tertiary/aromatic N) is 1. The zero-order chi connectivity index (χ0) is 15.1. The molecule has 1 unspecified atom stereocenters. The maximum Gasteiger partial charge on any atom is 0.239 e. The first-order valence-electron chi connectivity index (χ1n) is 6.90. The number of benzene rings is 1. The van der Waals surface area contributed by atoms with Crippen molar-refractivity contribution in [2.75, 3.05) is 13.7 Å². The van der Waals surface area contributed by atoms with Crippen LogP contribution in [0.4, 0.5) is 4.39 Å². The second-order valence-corrected chi connectivity index (χ2v) is 4.72. The van der Waals surface area contributed by atoms with Gasteiger partial charge in [-0.15, -0.1) is 0 Å². The molecule has 0 radical (unpaired) electrons. The van der Waals surface area contributed by atoms with Crippen molar-refractivity contribution in [1.82, 2.24) is 4.90 Å². The van der Waals surface area contributed by atoms with Gasteiger partial charge in [-0.2, -0.15) is 0 Å². The van der Waals surface area contributed by atoms with E-state index in [0.717, 1.165) is 12.0 Å². The van der Waals surface area contributed by atoms with Gasteiger partial charge < -0.3 is 15.4 Å². The Morgan fingerprint density at radius 1 is 1.45 bits per heavy atom. The SMILES string of the molecule is CCCC(N)C(=O)N(CC)Cc1ccc(OC)c(F)c1. The molecule has 0 aliphatic carbocycles. The number of rotatable bonds is 7. The van der Waals surface area contributed by atoms with Gasteiger partial charge in [0.1, 0.15) is 0 Å². The molecule has 2 N–H and O–H groups in total. The summed E-state index contributed by atoms with van der Waals surface area (Å²) in [4.78, 5) is 13.8. The van der Waals surface area contributed by atoms with Crippen molar-refractivity contribution >= 4 is 5.91 Å². The number of carbonyl (C=O) groups is 1. The maximum atomic E-state index is 13.6. The first kappa shape index (κ1) is 16.4. The summed E-state index contributed by atoms with van der Waals surface area (Å²) in [7, 11) is 1.42. The molecule has 20 heavy (non-hydrogen) atoms. The molecule has 1 aromatic rings. The molecule has 0 heterocycles. The predicted molar refractivity (Wildman–Crippen MR) is 76.9 cm³/mol. The molecular weight excluding hydrogens is 259 g/mol. The summed E-state index contributed by atoms with van der Waals surface area (Å²) in [5.41, 5.74) is 6.57. The number of hydrogen-bond acceptors (Lipinski definition) is 3. The lowest BCUT2D eigenvalue weighted by Gasteiger charge is -2.24. The Morgan fingerprint density at radius 2 is 2.15 bits per heavy atom. The molecule has 0 spiro atoms. The summed E-state index contributed by atoms with van der Waals surface area (Å²) in [5, 5.41) is 0. The van der Waals surface area contributed by atoms with Crippen LogP contribution in [0.15, 0.2) is 18.2 Å². The van der Waals surface area contributed by atoms with Gasteiger partial charge in [0, 0.05) is 13.1 Å². The largest absolute Gasteiger partial charge is 0.494 e. The van der Waals surface area contributed by atoms with E-state index in [-0.39, 0.29) is 11.7 Å². The van der Waals surface area contributed by atoms with E-state index in [1.54, 1.807) is 17.0 Å². The minimum absolute atomic E-state index is 0.0921. The van der Waals surface area contributed by atoms with E-state index in [2.05, 4.69) is 0 Å². The van der Waals surface area contributed by atoms with Gasteiger partial charge >= 0.3 is 0 Å². The Morgan fingerprint density at radius 3 is 2.65 bits per heavy atom. The fraction of sp³-hybridized carbons (Fsp3) is 0.533. The molecule has 0 bridgehead atoms. The molecule has 1 aromatic carbocycles. The number of likely N-dealkylation sites (N-methyl/N-ethyl adjacent to an activating group) is 1. The zero-order valence-corrected chi connectivity index (χ0v) is 12.4. The van der Waals surface area contributed by atoms with Crippen molar-refractivity contribution in [3.05, 3.63) is 29.6 Å². The van der Waals surface area contributed by atoms with Crippen LogP contribution >= 0.6 is 0 Å². The Kier molecular flexibility index (Phi) is 6.45. The number of hydrogen-bond donors (Lipinski definition) is 1. The highest BCUT2D eigenvalue weighted by Gasteiger charge is 2.19. The molecule has 0 fully saturated rings. The third kappa shape index (κ3) is 4.20. The number of nitrogens with two attached hydrogens (primary N) is 1. The predicted octanol–water partition coefficient (Wildman–Crippen LogP) is 2.31. The molecule has 0 aliphatic heterocycles. The van der Waals surface area contributed by atoms with E-state index < -0.39 is 11.9 Å². The van der Waals surface area contributed by atoms with Gasteiger partial charge in [-0.3, -0.25) is 4.79 Å². The number of halogens is 1. The molecule has 1 atom stereocenters. The number of amides is 1. The fourth-order valence-corrected chi connectivity index (χ4v) is 2.04. The van der Waals surface area contributed by atoms with Crippen LogP contribution in [0.2, 0.25) is 0 Å². The quantitative estimate of drug-likeness (QED) is 0.835. The maximum absolute atomic E-state index is 13.6. The Labute approximate surface area is 119 Å². The van der Waals surface area contributed by atoms with Crippen molar-refractivity contribution in [2.45, 2.75) is 39.3 Å². The molecular formula is C15H23FN2O2. The third-order valence-corrected chi connectivity index (χ3v) is 3.20. The minimum atomic E-state index is -0.483. The van der Waals surface area contributed by atoms with Gasteiger partial charge in [-0.05, 0) is 31.0 Å². The highest BCUT2D eigenvalue weighted by molar-refractivity contribution is 5.81. The summed E-state index contributed by atoms with van der Waals surface area (Å²) >= 11 is 0. The van der Waals surface area contributed by atoms with Crippen LogP contribution in [0.3, 0.4) is 0 Å². The average molecular weight is 282 g/mol. The van der Waals surface area contributed by atoms with E-state index in [1.165, 1.54) is 13.2 Å². The van der Waals surface area contributed by atoms with Crippen molar-refractivity contribution < 1.29 is 13.9 Å². The second-order valence-electron chi connectivity index (χ2n) is 4.72. The summed E-state index contributed by atoms with van der Waals surface area (Å²) in [6, 6.07) is 4.22. The Balaban J connectivity index is 2.78. The molecule has 112 valence electrons. The standard InChI is InChI=1S/C15H23FN2O2/c1-4-6-13(17)15(19)18(5-2)10-11-7-8-14(20-3)12(16)9-11/h7-9,13H,4-6,10,17H2,1-3H3. The van der Waals surface area contributed by atoms with Crippen molar-refractivity contribution in [2.24, 2.45) is 5.73 Å². The number of carbonyl (C=O) groups excluding carboxylic acids is 1. The van der Waals surface area contributed by atoms with Crippen LogP contribution in [-0.2, 0) is 11.3 Å². The monoisotopic (exact) mass is 282 g/mol. The first-order valence-corrected chi connectivity index (χ1v) is 6.90. The average Bonchev–Trinajstić information content (AvgIpc) is 2.44. The minimum Gasteiger partial charge on any atom is -0.494 e. The third-order valence-electron chi connectivity index (χ3n) is 3.20. The van der Waals surface area contributed by atoms with Crippen LogP contribution < -0.4 is 10.5 Å². The highest BCUT2D eigenvalue weighted by Crippen LogP contribution is 2.19. The normalized spacial score (nSPS) is 12.1. The van der Waals surface area contributed by atoms with Crippen LogP contribution in [0, 0.1) is 5.82 Å². The highest BCUT2D eigenvalue weighted by atomic mass is 19.1. The van der Waals surface area contributed by atoms with Gasteiger partial charge in [0.15, 0.2) is 11.6 Å². The van der Waals surface area contributed by atoms with Crippen LogP contribution in [0.5, 0.6) is 5.75 Å². The second kappa shape index (κ2) is 7.85. The Bertz CT molecular complexity index is 451. The van der Waals surface area contributed by atoms with Crippen LogP contribution in [0.1, 0.15) is 32.3 Å². The van der Waals surface area contributed by atoms with Crippen molar-refractivity contribution in [3.8, 4) is 5.75 Å². The topological polar surface area (TPSA) is 55.6 Å². The molecule has 0 saturated heterocycles. The fourth-order valence-electron chi connectivity index (χ4n) is 2.04. The molecule has 4 nitrogen and oxygen atoms in total. The smallest absolute Gasteiger partial charge is 0.239 e. The van der Waals surface area contributed by atoms with Crippen molar-refractivity contribution in [1.29, 1.82) is 0 Å². The summed E-state index contributed by atoms with van der Waals surface area (Å²) < 4.78 is 18.5. The Hall–Kier alpha value is -1.62. The lowest BCUT2D eigenvalue weighted by Crippen LogP contribution is -2.43. The molecule has 0 aromatic heterocycles. The van der Waals surface area contributed by atoms with E-state index in [1.807, 2.05) is 13.8 Å². The molecule has 0 saturated carbocycles. The van der Waals surface area contributed by atoms with E-state index in [4.69, 9.17) is 10.5 Å². The van der Waals surface area contributed by atoms with Gasteiger partial charge in [-0.1, -0.05) is 19.4 Å². The summed E-state index contributed by atoms with van der Waals surface area (Å²) in [6.07, 6.45) is 1.52. The lowest BCUT2D eigenvalue weighted by molar-refractivity contribution is -0.133. The molecule has 0 aliphatic rings. The summed E-state index contributed by atoms with van der Waals surface area (Å²) in [6.45, 7) is 4.77. The van der Waals surface area contributed by atoms with Gasteiger partial charge in [0.2, 0.25) is 5.91 Å². The molecule has 1 rings (SSSR count). The van der Waals surface area contributed by atoms with Crippen molar-refractivity contribution in [3.63, 3.8) is 0 Å². The first-order chi connectivity index (χ1) is 9.53. The van der Waals surface area contributed by atoms with Gasteiger partial charge in [0.25, 0.3) is 0 Å². The summed E-state index contributed by atoms with van der Waals surface area (Å²) in [5.74, 6) is -0.317. The van der Waals surface area contributed by atoms with Gasteiger partial charge in [0.05, 0.1) is 13.2 Å². The van der Waals surface area contributed by atoms with Gasteiger partial charge in [-0.25, -0.2) is 4.39 Å². The lowest BCUT2D eigenvalue weighted by atomic mass is 10.1. The molecule has 1 amide bonds. The zero-order valence-electron chi connectivity index (χ0n) is 12.4. The van der Waals surface area contributed by atoms with Crippen LogP contribution in [-0.4, -0.2) is 30.5 Å².